The molecule has 0 fully saturated rings. The van der Waals surface area contributed by atoms with Crippen molar-refractivity contribution in [3.63, 3.8) is 0 Å². The van der Waals surface area contributed by atoms with Gasteiger partial charge in [-0.1, -0.05) is 18.2 Å². The van der Waals surface area contributed by atoms with Crippen LogP contribution >= 0.6 is 0 Å². The second-order valence-corrected chi connectivity index (χ2v) is 4.92. The van der Waals surface area contributed by atoms with Crippen molar-refractivity contribution >= 4 is 5.91 Å². The zero-order valence-electron chi connectivity index (χ0n) is 12.7. The summed E-state index contributed by atoms with van der Waals surface area (Å²) in [5.74, 6) is 0.0768. The van der Waals surface area contributed by atoms with E-state index in [-0.39, 0.29) is 11.9 Å². The molecule has 6 heteroatoms. The van der Waals surface area contributed by atoms with Crippen LogP contribution in [0.4, 0.5) is 0 Å². The average Bonchev–Trinajstić information content (AvgIpc) is 3.01. The Morgan fingerprint density at radius 1 is 1.38 bits per heavy atom. The largest absolute Gasteiger partial charge is 0.345 e. The Morgan fingerprint density at radius 3 is 2.76 bits per heavy atom. The number of rotatable bonds is 6. The average molecular weight is 287 g/mol. The van der Waals surface area contributed by atoms with Crippen molar-refractivity contribution in [3.8, 4) is 5.69 Å². The normalized spacial score (nSPS) is 12.1. The predicted molar refractivity (Wildman–Crippen MR) is 81.0 cm³/mol. The van der Waals surface area contributed by atoms with Gasteiger partial charge < -0.3 is 10.2 Å². The van der Waals surface area contributed by atoms with Gasteiger partial charge in [0.05, 0.1) is 23.6 Å². The predicted octanol–water partition coefficient (Wildman–Crippen LogP) is 1.22. The summed E-state index contributed by atoms with van der Waals surface area (Å²) >= 11 is 0. The third kappa shape index (κ3) is 3.88. The van der Waals surface area contributed by atoms with Gasteiger partial charge in [-0.2, -0.15) is 15.0 Å². The highest BCUT2D eigenvalue weighted by atomic mass is 16.2. The Balaban J connectivity index is 1.93. The lowest BCUT2D eigenvalue weighted by atomic mass is 10.3. The van der Waals surface area contributed by atoms with Crippen molar-refractivity contribution in [2.75, 3.05) is 13.6 Å². The third-order valence-electron chi connectivity index (χ3n) is 3.34. The lowest BCUT2D eigenvalue weighted by Crippen LogP contribution is -2.42. The fraction of sp³-hybridized carbons (Fsp3) is 0.400. The quantitative estimate of drug-likeness (QED) is 0.868. The van der Waals surface area contributed by atoms with Gasteiger partial charge in [0.25, 0.3) is 0 Å². The molecule has 0 aliphatic heterocycles. The van der Waals surface area contributed by atoms with Crippen LogP contribution in [0.15, 0.2) is 36.5 Å². The highest BCUT2D eigenvalue weighted by molar-refractivity contribution is 5.81. The van der Waals surface area contributed by atoms with Crippen molar-refractivity contribution < 1.29 is 4.79 Å². The molecule has 1 aromatic heterocycles. The van der Waals surface area contributed by atoms with Crippen LogP contribution in [-0.4, -0.2) is 45.4 Å². The fourth-order valence-corrected chi connectivity index (χ4v) is 1.89. The van der Waals surface area contributed by atoms with Crippen molar-refractivity contribution in [1.29, 1.82) is 0 Å². The van der Waals surface area contributed by atoms with Crippen LogP contribution in [0.2, 0.25) is 0 Å². The Morgan fingerprint density at radius 2 is 2.10 bits per heavy atom. The van der Waals surface area contributed by atoms with Crippen LogP contribution in [-0.2, 0) is 11.3 Å². The number of carbonyl (C=O) groups is 1. The van der Waals surface area contributed by atoms with E-state index in [9.17, 15) is 4.79 Å². The minimum Gasteiger partial charge on any atom is -0.345 e. The van der Waals surface area contributed by atoms with Gasteiger partial charge in [0.2, 0.25) is 5.91 Å². The number of nitrogens with one attached hydrogen (secondary N) is 1. The first-order valence-corrected chi connectivity index (χ1v) is 7.06. The van der Waals surface area contributed by atoms with Crippen LogP contribution in [0.25, 0.3) is 5.69 Å². The molecule has 6 nitrogen and oxygen atoms in total. The molecule has 0 aliphatic rings. The number of likely N-dealkylation sites (N-methyl/N-ethyl adjacent to an activating group) is 1. The lowest BCUT2D eigenvalue weighted by Gasteiger charge is -2.20. The van der Waals surface area contributed by atoms with Crippen LogP contribution in [0.5, 0.6) is 0 Å². The number of hydrogen-bond donors (Lipinski definition) is 1. The number of nitrogens with zero attached hydrogens (tertiary/aromatic N) is 4. The van der Waals surface area contributed by atoms with Crippen molar-refractivity contribution in [3.05, 3.63) is 42.2 Å². The topological polar surface area (TPSA) is 63.1 Å². The fourth-order valence-electron chi connectivity index (χ4n) is 1.89. The summed E-state index contributed by atoms with van der Waals surface area (Å²) in [6, 6.07) is 9.49. The summed E-state index contributed by atoms with van der Waals surface area (Å²) in [4.78, 5) is 15.2. The molecule has 0 radical (unpaired) electrons. The molecule has 2 rings (SSSR count). The van der Waals surface area contributed by atoms with Gasteiger partial charge in [0, 0.05) is 20.1 Å². The van der Waals surface area contributed by atoms with Crippen LogP contribution < -0.4 is 5.32 Å². The standard InChI is InChI=1S/C15H21N5O/c1-4-19(3)15(21)12(2)16-10-13-11-17-20(18-13)14-8-6-5-7-9-14/h5-9,11-12,16H,4,10H2,1-3H3. The molecule has 0 saturated heterocycles. The van der Waals surface area contributed by atoms with Gasteiger partial charge >= 0.3 is 0 Å². The molecule has 2 aromatic rings. The number of hydrogen-bond acceptors (Lipinski definition) is 4. The summed E-state index contributed by atoms with van der Waals surface area (Å²) in [6.45, 7) is 5.03. The monoisotopic (exact) mass is 287 g/mol. The number of benzene rings is 1. The van der Waals surface area contributed by atoms with Gasteiger partial charge in [-0.15, -0.1) is 0 Å². The Hall–Kier alpha value is -2.21. The maximum absolute atomic E-state index is 11.9. The van der Waals surface area contributed by atoms with E-state index < -0.39 is 0 Å². The lowest BCUT2D eigenvalue weighted by molar-refractivity contribution is -0.131. The van der Waals surface area contributed by atoms with Crippen molar-refractivity contribution in [1.82, 2.24) is 25.2 Å². The summed E-state index contributed by atoms with van der Waals surface area (Å²) in [5.41, 5.74) is 1.72. The molecule has 1 unspecified atom stereocenters. The van der Waals surface area contributed by atoms with Crippen molar-refractivity contribution in [2.45, 2.75) is 26.4 Å². The second-order valence-electron chi connectivity index (χ2n) is 4.92. The highest BCUT2D eigenvalue weighted by Gasteiger charge is 2.16. The maximum Gasteiger partial charge on any atom is 0.239 e. The Labute approximate surface area is 124 Å². The number of para-hydroxylation sites is 1. The van der Waals surface area contributed by atoms with E-state index in [1.165, 1.54) is 0 Å². The number of carbonyl (C=O) groups excluding carboxylic acids is 1. The molecule has 1 N–H and O–H groups in total. The van der Waals surface area contributed by atoms with E-state index in [0.717, 1.165) is 11.4 Å². The van der Waals surface area contributed by atoms with Crippen molar-refractivity contribution in [2.24, 2.45) is 0 Å². The Bertz CT molecular complexity index is 581. The van der Waals surface area contributed by atoms with Crippen LogP contribution in [0.3, 0.4) is 0 Å². The molecular weight excluding hydrogens is 266 g/mol. The first kappa shape index (κ1) is 15.2. The van der Waals surface area contributed by atoms with Gasteiger partial charge in [0.15, 0.2) is 0 Å². The van der Waals surface area contributed by atoms with Gasteiger partial charge in [-0.25, -0.2) is 0 Å². The first-order valence-electron chi connectivity index (χ1n) is 7.06. The van der Waals surface area contributed by atoms with Crippen LogP contribution in [0, 0.1) is 0 Å². The number of amides is 1. The summed E-state index contributed by atoms with van der Waals surface area (Å²) < 4.78 is 0. The van der Waals surface area contributed by atoms with E-state index in [0.29, 0.717) is 13.1 Å². The minimum atomic E-state index is -0.239. The molecule has 1 aromatic carbocycles. The highest BCUT2D eigenvalue weighted by Crippen LogP contribution is 2.04. The SMILES string of the molecule is CCN(C)C(=O)C(C)NCc1cnn(-c2ccccc2)n1. The summed E-state index contributed by atoms with van der Waals surface area (Å²) in [6.07, 6.45) is 1.71. The zero-order chi connectivity index (χ0) is 15.2. The molecule has 112 valence electrons. The summed E-state index contributed by atoms with van der Waals surface area (Å²) in [5, 5.41) is 11.8. The maximum atomic E-state index is 11.9. The summed E-state index contributed by atoms with van der Waals surface area (Å²) in [7, 11) is 1.80. The molecule has 1 heterocycles. The molecular formula is C15H21N5O. The van der Waals surface area contributed by atoms with Gasteiger partial charge in [-0.3, -0.25) is 4.79 Å². The smallest absolute Gasteiger partial charge is 0.239 e. The van der Waals surface area contributed by atoms with E-state index >= 15 is 0 Å². The van der Waals surface area contributed by atoms with E-state index in [2.05, 4.69) is 15.5 Å². The number of aromatic nitrogens is 3. The molecule has 0 bridgehead atoms. The molecule has 0 saturated carbocycles. The molecule has 21 heavy (non-hydrogen) atoms. The van der Waals surface area contributed by atoms with E-state index in [4.69, 9.17) is 0 Å². The minimum absolute atomic E-state index is 0.0768. The van der Waals surface area contributed by atoms with E-state index in [1.807, 2.05) is 44.2 Å². The molecule has 0 aliphatic carbocycles. The molecule has 0 spiro atoms. The zero-order valence-corrected chi connectivity index (χ0v) is 12.7. The molecule has 1 atom stereocenters. The van der Waals surface area contributed by atoms with Gasteiger partial charge in [-0.05, 0) is 26.0 Å². The van der Waals surface area contributed by atoms with E-state index in [1.54, 1.807) is 22.9 Å². The third-order valence-corrected chi connectivity index (χ3v) is 3.34. The molecule has 1 amide bonds. The van der Waals surface area contributed by atoms with Crippen LogP contribution in [0.1, 0.15) is 19.5 Å². The van der Waals surface area contributed by atoms with Gasteiger partial charge in [0.1, 0.15) is 0 Å². The second kappa shape index (κ2) is 6.99. The Kier molecular flexibility index (Phi) is 5.05. The first-order chi connectivity index (χ1) is 10.1.